The molecule has 1 heterocycles. The lowest BCUT2D eigenvalue weighted by molar-refractivity contribution is -0.136. The number of benzene rings is 2. The van der Waals surface area contributed by atoms with Gasteiger partial charge in [0.25, 0.3) is 0 Å². The zero-order valence-corrected chi connectivity index (χ0v) is 16.9. The van der Waals surface area contributed by atoms with Crippen LogP contribution in [0.5, 0.6) is 11.5 Å². The summed E-state index contributed by atoms with van der Waals surface area (Å²) in [6.45, 7) is 0. The second-order valence-electron chi connectivity index (χ2n) is 7.25. The summed E-state index contributed by atoms with van der Waals surface area (Å²) < 4.78 is 17.5. The van der Waals surface area contributed by atoms with Crippen LogP contribution in [-0.4, -0.2) is 29.3 Å². The molecule has 7 heteroatoms. The number of aliphatic carboxylic acids is 1. The van der Waals surface area contributed by atoms with Gasteiger partial charge in [-0.15, -0.1) is 0 Å². The fourth-order valence-corrected chi connectivity index (χ4v) is 3.92. The predicted octanol–water partition coefficient (Wildman–Crippen LogP) is 5.03. The average molecular weight is 416 g/mol. The van der Waals surface area contributed by atoms with Gasteiger partial charge in [0.05, 0.1) is 24.7 Å². The van der Waals surface area contributed by atoms with Gasteiger partial charge >= 0.3 is 5.97 Å². The minimum Gasteiger partial charge on any atom is -0.493 e. The summed E-state index contributed by atoms with van der Waals surface area (Å²) in [4.78, 5) is 15.6. The van der Waals surface area contributed by atoms with E-state index in [-0.39, 0.29) is 12.5 Å². The molecule has 0 saturated heterocycles. The predicted molar refractivity (Wildman–Crippen MR) is 109 cm³/mol. The number of carbonyl (C=O) groups is 1. The highest BCUT2D eigenvalue weighted by Crippen LogP contribution is 2.34. The molecule has 1 saturated carbocycles. The highest BCUT2D eigenvalue weighted by atomic mass is 35.5. The summed E-state index contributed by atoms with van der Waals surface area (Å²) in [6, 6.07) is 9.08. The number of methoxy groups -OCH3 is 1. The van der Waals surface area contributed by atoms with Crippen molar-refractivity contribution in [2.75, 3.05) is 7.11 Å². The molecule has 1 aliphatic carbocycles. The van der Waals surface area contributed by atoms with Gasteiger partial charge in [0, 0.05) is 12.0 Å². The number of carboxylic acids is 1. The Hall–Kier alpha value is -2.73. The minimum absolute atomic E-state index is 0.149. The first kappa shape index (κ1) is 19.6. The molecule has 0 spiro atoms. The first-order valence-electron chi connectivity index (χ1n) is 9.65. The number of oxazole rings is 1. The summed E-state index contributed by atoms with van der Waals surface area (Å²) in [5.41, 5.74) is 2.42. The van der Waals surface area contributed by atoms with E-state index in [9.17, 15) is 4.79 Å². The van der Waals surface area contributed by atoms with Crippen molar-refractivity contribution in [1.29, 1.82) is 0 Å². The lowest BCUT2D eigenvalue weighted by atomic mass is 10.1. The number of aromatic nitrogens is 1. The van der Waals surface area contributed by atoms with E-state index in [1.807, 2.05) is 18.2 Å². The van der Waals surface area contributed by atoms with Crippen LogP contribution in [0.15, 0.2) is 34.7 Å². The molecular weight excluding hydrogens is 394 g/mol. The van der Waals surface area contributed by atoms with Crippen LogP contribution in [-0.2, 0) is 17.6 Å². The Morgan fingerprint density at radius 3 is 2.76 bits per heavy atom. The largest absolute Gasteiger partial charge is 0.493 e. The molecule has 0 bridgehead atoms. The zero-order chi connectivity index (χ0) is 20.4. The molecule has 152 valence electrons. The normalized spacial score (nSPS) is 14.4. The number of carboxylic acid groups (broad SMARTS) is 1. The molecular formula is C22H22ClNO5. The molecule has 0 atom stereocenters. The van der Waals surface area contributed by atoms with Crippen molar-refractivity contribution in [1.82, 2.24) is 4.98 Å². The van der Waals surface area contributed by atoms with Crippen molar-refractivity contribution in [2.24, 2.45) is 0 Å². The summed E-state index contributed by atoms with van der Waals surface area (Å²) >= 11 is 6.24. The van der Waals surface area contributed by atoms with Gasteiger partial charge in [0.1, 0.15) is 5.52 Å². The van der Waals surface area contributed by atoms with Crippen LogP contribution in [0.4, 0.5) is 0 Å². The van der Waals surface area contributed by atoms with Crippen LogP contribution >= 0.6 is 11.6 Å². The van der Waals surface area contributed by atoms with E-state index in [2.05, 4.69) is 4.98 Å². The Bertz CT molecular complexity index is 1040. The molecule has 0 radical (unpaired) electrons. The summed E-state index contributed by atoms with van der Waals surface area (Å²) in [7, 11) is 1.63. The maximum Gasteiger partial charge on any atom is 0.307 e. The van der Waals surface area contributed by atoms with Crippen molar-refractivity contribution >= 4 is 28.7 Å². The second kappa shape index (κ2) is 8.33. The molecule has 1 aliphatic rings. The number of nitrogens with zero attached hydrogens (tertiary/aromatic N) is 1. The van der Waals surface area contributed by atoms with Crippen LogP contribution < -0.4 is 9.47 Å². The van der Waals surface area contributed by atoms with Gasteiger partial charge in [0.15, 0.2) is 23.0 Å². The van der Waals surface area contributed by atoms with Crippen LogP contribution in [0, 0.1) is 0 Å². The quantitative estimate of drug-likeness (QED) is 0.582. The third-order valence-electron chi connectivity index (χ3n) is 5.14. The smallest absolute Gasteiger partial charge is 0.307 e. The average Bonchev–Trinajstić information content (AvgIpc) is 3.34. The van der Waals surface area contributed by atoms with E-state index in [1.54, 1.807) is 19.2 Å². The fourth-order valence-electron chi connectivity index (χ4n) is 3.73. The standard InChI is InChI=1S/C22H22ClNO5/c1-27-17-9-6-13(10-18(17)28-15-4-2-3-5-15)11-19-24-21-16(23)8-7-14(12-20(25)26)22(21)29-19/h6-10,15H,2-5,11-12H2,1H3,(H,25,26). The van der Waals surface area contributed by atoms with Crippen LogP contribution in [0.3, 0.4) is 0 Å². The van der Waals surface area contributed by atoms with Gasteiger partial charge < -0.3 is 19.0 Å². The van der Waals surface area contributed by atoms with E-state index in [0.717, 1.165) is 24.2 Å². The number of halogens is 1. The van der Waals surface area contributed by atoms with E-state index in [0.29, 0.717) is 39.7 Å². The highest BCUT2D eigenvalue weighted by Gasteiger charge is 2.20. The molecule has 0 aliphatic heterocycles. The van der Waals surface area contributed by atoms with Crippen molar-refractivity contribution in [2.45, 2.75) is 44.6 Å². The first-order chi connectivity index (χ1) is 14.0. The maximum atomic E-state index is 11.1. The molecule has 0 amide bonds. The third kappa shape index (κ3) is 4.32. The van der Waals surface area contributed by atoms with E-state index < -0.39 is 5.97 Å². The van der Waals surface area contributed by atoms with Crippen molar-refractivity contribution in [3.63, 3.8) is 0 Å². The fraction of sp³-hybridized carbons (Fsp3) is 0.364. The molecule has 4 rings (SSSR count). The van der Waals surface area contributed by atoms with Crippen LogP contribution in [0.1, 0.15) is 42.7 Å². The minimum atomic E-state index is -0.935. The van der Waals surface area contributed by atoms with Crippen LogP contribution in [0.2, 0.25) is 5.02 Å². The lowest BCUT2D eigenvalue weighted by Crippen LogP contribution is -2.11. The molecule has 0 unspecified atom stereocenters. The molecule has 1 fully saturated rings. The first-order valence-corrected chi connectivity index (χ1v) is 10.0. The molecule has 29 heavy (non-hydrogen) atoms. The van der Waals surface area contributed by atoms with Crippen molar-refractivity contribution in [3.8, 4) is 11.5 Å². The molecule has 3 aromatic rings. The van der Waals surface area contributed by atoms with Gasteiger partial charge in [-0.2, -0.15) is 0 Å². The van der Waals surface area contributed by atoms with Crippen molar-refractivity contribution in [3.05, 3.63) is 52.4 Å². The van der Waals surface area contributed by atoms with Crippen molar-refractivity contribution < 1.29 is 23.8 Å². The Balaban J connectivity index is 1.62. The molecule has 2 aromatic carbocycles. The number of rotatable bonds is 7. The zero-order valence-electron chi connectivity index (χ0n) is 16.1. The van der Waals surface area contributed by atoms with Gasteiger partial charge in [-0.25, -0.2) is 4.98 Å². The third-order valence-corrected chi connectivity index (χ3v) is 5.45. The van der Waals surface area contributed by atoms with E-state index in [1.165, 1.54) is 12.8 Å². The highest BCUT2D eigenvalue weighted by molar-refractivity contribution is 6.35. The topological polar surface area (TPSA) is 81.8 Å². The number of ether oxygens (including phenoxy) is 2. The van der Waals surface area contributed by atoms with E-state index in [4.69, 9.17) is 30.6 Å². The second-order valence-corrected chi connectivity index (χ2v) is 7.66. The summed E-state index contributed by atoms with van der Waals surface area (Å²) in [6.07, 6.45) is 5.00. The Morgan fingerprint density at radius 1 is 1.24 bits per heavy atom. The Morgan fingerprint density at radius 2 is 2.03 bits per heavy atom. The van der Waals surface area contributed by atoms with Gasteiger partial charge in [0.2, 0.25) is 0 Å². The molecule has 1 aromatic heterocycles. The SMILES string of the molecule is COc1ccc(Cc2nc3c(Cl)ccc(CC(=O)O)c3o2)cc1OC1CCCC1. The monoisotopic (exact) mass is 415 g/mol. The van der Waals surface area contributed by atoms with Gasteiger partial charge in [-0.1, -0.05) is 23.7 Å². The molecule has 6 nitrogen and oxygen atoms in total. The summed E-state index contributed by atoms with van der Waals surface area (Å²) in [5, 5.41) is 9.55. The molecule has 1 N–H and O–H groups in total. The number of hydrogen-bond acceptors (Lipinski definition) is 5. The Kier molecular flexibility index (Phi) is 5.62. The van der Waals surface area contributed by atoms with Crippen LogP contribution in [0.25, 0.3) is 11.1 Å². The maximum absolute atomic E-state index is 11.1. The van der Waals surface area contributed by atoms with Gasteiger partial charge in [-0.3, -0.25) is 4.79 Å². The number of fused-ring (bicyclic) bond motifs is 1. The Labute approximate surface area is 173 Å². The van der Waals surface area contributed by atoms with Gasteiger partial charge in [-0.05, 0) is 49.4 Å². The van der Waals surface area contributed by atoms with E-state index >= 15 is 0 Å². The lowest BCUT2D eigenvalue weighted by Gasteiger charge is -2.16. The number of hydrogen-bond donors (Lipinski definition) is 1. The summed E-state index contributed by atoms with van der Waals surface area (Å²) in [5.74, 6) is 0.953.